The maximum absolute atomic E-state index is 5.51. The van der Waals surface area contributed by atoms with Crippen LogP contribution in [-0.4, -0.2) is 6.54 Å². The van der Waals surface area contributed by atoms with Gasteiger partial charge in [0.1, 0.15) is 11.5 Å². The topological polar surface area (TPSA) is 25.2 Å². The summed E-state index contributed by atoms with van der Waals surface area (Å²) in [7, 11) is 0. The van der Waals surface area contributed by atoms with Gasteiger partial charge in [0.25, 0.3) is 0 Å². The number of furan rings is 1. The molecule has 0 aliphatic heterocycles. The molecule has 84 valence electrons. The smallest absolute Gasteiger partial charge is 0.117 e. The monoisotopic (exact) mass is 207 g/mol. The van der Waals surface area contributed by atoms with Gasteiger partial charge >= 0.3 is 0 Å². The van der Waals surface area contributed by atoms with Crippen LogP contribution in [0.4, 0.5) is 0 Å². The predicted octanol–water partition coefficient (Wildman–Crippen LogP) is 3.11. The zero-order valence-corrected chi connectivity index (χ0v) is 9.75. The highest BCUT2D eigenvalue weighted by atomic mass is 16.3. The van der Waals surface area contributed by atoms with Crippen LogP contribution in [0.1, 0.15) is 37.7 Å². The standard InChI is InChI=1S/C13H21NO/c1-10-3-5-12(7-10)8-14-9-13-6-4-11(2)15-13/h4,6,10,12,14H,3,5,7-9H2,1-2H3. The lowest BCUT2D eigenvalue weighted by Gasteiger charge is -2.09. The minimum absolute atomic E-state index is 0.874. The molecule has 1 heterocycles. The van der Waals surface area contributed by atoms with E-state index in [1.165, 1.54) is 19.3 Å². The predicted molar refractivity (Wildman–Crippen MR) is 61.7 cm³/mol. The molecule has 2 atom stereocenters. The van der Waals surface area contributed by atoms with Gasteiger partial charge in [0, 0.05) is 0 Å². The van der Waals surface area contributed by atoms with Crippen molar-refractivity contribution in [2.24, 2.45) is 11.8 Å². The van der Waals surface area contributed by atoms with E-state index >= 15 is 0 Å². The van der Waals surface area contributed by atoms with Crippen LogP contribution in [0.2, 0.25) is 0 Å². The Morgan fingerprint density at radius 3 is 2.87 bits per heavy atom. The van der Waals surface area contributed by atoms with E-state index in [1.54, 1.807) is 0 Å². The fourth-order valence-electron chi connectivity index (χ4n) is 2.49. The summed E-state index contributed by atoms with van der Waals surface area (Å²) >= 11 is 0. The molecule has 1 saturated carbocycles. The Kier molecular flexibility index (Phi) is 3.47. The molecule has 1 fully saturated rings. The maximum Gasteiger partial charge on any atom is 0.117 e. The fourth-order valence-corrected chi connectivity index (χ4v) is 2.49. The van der Waals surface area contributed by atoms with Crippen molar-refractivity contribution in [3.8, 4) is 0 Å². The number of hydrogen-bond donors (Lipinski definition) is 1. The minimum Gasteiger partial charge on any atom is -0.465 e. The van der Waals surface area contributed by atoms with Gasteiger partial charge in [0.05, 0.1) is 6.54 Å². The van der Waals surface area contributed by atoms with E-state index in [9.17, 15) is 0 Å². The minimum atomic E-state index is 0.874. The molecule has 2 rings (SSSR count). The molecular weight excluding hydrogens is 186 g/mol. The summed E-state index contributed by atoms with van der Waals surface area (Å²) in [5.41, 5.74) is 0. The van der Waals surface area contributed by atoms with Crippen LogP contribution >= 0.6 is 0 Å². The fraction of sp³-hybridized carbons (Fsp3) is 0.692. The summed E-state index contributed by atoms with van der Waals surface area (Å²) in [5, 5.41) is 3.48. The molecule has 1 aliphatic carbocycles. The second-order valence-corrected chi connectivity index (χ2v) is 4.93. The molecule has 0 spiro atoms. The Morgan fingerprint density at radius 2 is 2.27 bits per heavy atom. The second kappa shape index (κ2) is 4.84. The average molecular weight is 207 g/mol. The van der Waals surface area contributed by atoms with Crippen molar-refractivity contribution in [3.05, 3.63) is 23.7 Å². The molecule has 2 heteroatoms. The lowest BCUT2D eigenvalue weighted by atomic mass is 10.1. The highest BCUT2D eigenvalue weighted by Gasteiger charge is 2.20. The molecule has 1 aromatic rings. The summed E-state index contributed by atoms with van der Waals surface area (Å²) < 4.78 is 5.51. The first-order valence-corrected chi connectivity index (χ1v) is 6.00. The average Bonchev–Trinajstić information content (AvgIpc) is 2.76. The highest BCUT2D eigenvalue weighted by molar-refractivity contribution is 5.05. The quantitative estimate of drug-likeness (QED) is 0.820. The third kappa shape index (κ3) is 3.10. The van der Waals surface area contributed by atoms with Crippen LogP contribution in [0.15, 0.2) is 16.5 Å². The van der Waals surface area contributed by atoms with Crippen molar-refractivity contribution >= 4 is 0 Å². The summed E-state index contributed by atoms with van der Waals surface area (Å²) in [5.74, 6) is 3.87. The molecule has 0 bridgehead atoms. The first-order chi connectivity index (χ1) is 7.24. The summed E-state index contributed by atoms with van der Waals surface area (Å²) in [6.45, 7) is 6.36. The lowest BCUT2D eigenvalue weighted by molar-refractivity contribution is 0.427. The van der Waals surface area contributed by atoms with Crippen molar-refractivity contribution in [3.63, 3.8) is 0 Å². The van der Waals surface area contributed by atoms with Gasteiger partial charge in [0.15, 0.2) is 0 Å². The van der Waals surface area contributed by atoms with Gasteiger partial charge in [-0.2, -0.15) is 0 Å². The Hall–Kier alpha value is -0.760. The van der Waals surface area contributed by atoms with E-state index in [0.717, 1.165) is 36.4 Å². The molecule has 0 saturated heterocycles. The van der Waals surface area contributed by atoms with E-state index in [2.05, 4.69) is 18.3 Å². The first-order valence-electron chi connectivity index (χ1n) is 6.00. The van der Waals surface area contributed by atoms with Crippen molar-refractivity contribution < 1.29 is 4.42 Å². The van der Waals surface area contributed by atoms with Gasteiger partial charge < -0.3 is 9.73 Å². The number of hydrogen-bond acceptors (Lipinski definition) is 2. The Balaban J connectivity index is 1.67. The molecule has 1 N–H and O–H groups in total. The molecule has 0 radical (unpaired) electrons. The van der Waals surface area contributed by atoms with Crippen molar-refractivity contribution in [2.45, 2.75) is 39.7 Å². The summed E-state index contributed by atoms with van der Waals surface area (Å²) in [6, 6.07) is 4.08. The van der Waals surface area contributed by atoms with Crippen LogP contribution in [0, 0.1) is 18.8 Å². The van der Waals surface area contributed by atoms with E-state index in [1.807, 2.05) is 13.0 Å². The molecule has 1 aliphatic rings. The summed E-state index contributed by atoms with van der Waals surface area (Å²) in [6.07, 6.45) is 4.20. The van der Waals surface area contributed by atoms with Crippen molar-refractivity contribution in [2.75, 3.05) is 6.54 Å². The number of rotatable bonds is 4. The van der Waals surface area contributed by atoms with Gasteiger partial charge in [-0.25, -0.2) is 0 Å². The van der Waals surface area contributed by atoms with Gasteiger partial charge in [-0.05, 0) is 50.3 Å². The van der Waals surface area contributed by atoms with Crippen LogP contribution in [0.25, 0.3) is 0 Å². The zero-order valence-electron chi connectivity index (χ0n) is 9.75. The molecule has 1 aromatic heterocycles. The Morgan fingerprint density at radius 1 is 1.40 bits per heavy atom. The van der Waals surface area contributed by atoms with Crippen molar-refractivity contribution in [1.29, 1.82) is 0 Å². The molecule has 2 nitrogen and oxygen atoms in total. The van der Waals surface area contributed by atoms with E-state index in [4.69, 9.17) is 4.42 Å². The third-order valence-corrected chi connectivity index (χ3v) is 3.33. The Bertz CT molecular complexity index is 305. The highest BCUT2D eigenvalue weighted by Crippen LogP contribution is 2.29. The lowest BCUT2D eigenvalue weighted by Crippen LogP contribution is -2.20. The Labute approximate surface area is 92.1 Å². The normalized spacial score (nSPS) is 26.0. The zero-order chi connectivity index (χ0) is 10.7. The van der Waals surface area contributed by atoms with Gasteiger partial charge in [-0.3, -0.25) is 0 Å². The number of nitrogens with one attached hydrogen (secondary N) is 1. The number of aryl methyl sites for hydroxylation is 1. The third-order valence-electron chi connectivity index (χ3n) is 3.33. The molecule has 15 heavy (non-hydrogen) atoms. The molecule has 0 aromatic carbocycles. The van der Waals surface area contributed by atoms with Crippen LogP contribution in [-0.2, 0) is 6.54 Å². The molecular formula is C13H21NO. The summed E-state index contributed by atoms with van der Waals surface area (Å²) in [4.78, 5) is 0. The van der Waals surface area contributed by atoms with Crippen LogP contribution < -0.4 is 5.32 Å². The first kappa shape index (κ1) is 10.7. The second-order valence-electron chi connectivity index (χ2n) is 4.93. The molecule has 0 amide bonds. The van der Waals surface area contributed by atoms with Gasteiger partial charge in [-0.15, -0.1) is 0 Å². The van der Waals surface area contributed by atoms with E-state index in [-0.39, 0.29) is 0 Å². The van der Waals surface area contributed by atoms with Crippen molar-refractivity contribution in [1.82, 2.24) is 5.32 Å². The van der Waals surface area contributed by atoms with Gasteiger partial charge in [0.2, 0.25) is 0 Å². The maximum atomic E-state index is 5.51. The van der Waals surface area contributed by atoms with Crippen LogP contribution in [0.3, 0.4) is 0 Å². The van der Waals surface area contributed by atoms with E-state index in [0.29, 0.717) is 0 Å². The van der Waals surface area contributed by atoms with Crippen LogP contribution in [0.5, 0.6) is 0 Å². The SMILES string of the molecule is Cc1ccc(CNCC2CCC(C)C2)o1. The van der Waals surface area contributed by atoms with E-state index < -0.39 is 0 Å². The largest absolute Gasteiger partial charge is 0.465 e. The van der Waals surface area contributed by atoms with Gasteiger partial charge in [-0.1, -0.05) is 13.3 Å². The molecule has 2 unspecified atom stereocenters.